The van der Waals surface area contributed by atoms with Crippen LogP contribution in [0, 0.1) is 6.92 Å². The van der Waals surface area contributed by atoms with Crippen molar-refractivity contribution in [2.75, 3.05) is 7.05 Å². The zero-order valence-corrected chi connectivity index (χ0v) is 21.9. The van der Waals surface area contributed by atoms with Crippen LogP contribution in [0.4, 0.5) is 0 Å². The standard InChI is InChI=1S/C25H20NOP.C2H5.CH4.Zn/c1-26-28(19-11-4-2-5-12-19,20-13-6-3-7-14-20)24-18-10-16-22-21-15-8-9-17-23(21)27-25(22)24;1-2;;/h2-18H,1H3;1H2,2H3;1H4;/q;-1;;+2. The molecular weight excluding hydrogens is 463 g/mol. The zero-order chi connectivity index (χ0) is 21.0. The molecule has 0 unspecified atom stereocenters. The van der Waals surface area contributed by atoms with Crippen LogP contribution in [0.25, 0.3) is 21.9 Å². The van der Waals surface area contributed by atoms with Gasteiger partial charge in [0.15, 0.2) is 0 Å². The van der Waals surface area contributed by atoms with Gasteiger partial charge in [-0.3, -0.25) is 4.74 Å². The first kappa shape index (κ1) is 25.8. The number of benzene rings is 4. The van der Waals surface area contributed by atoms with E-state index in [1.165, 1.54) is 15.9 Å². The molecule has 5 aromatic rings. The number of fused-ring (bicyclic) bond motifs is 3. The maximum Gasteiger partial charge on any atom is 2.00 e. The first-order chi connectivity index (χ1) is 14.8. The van der Waals surface area contributed by atoms with Gasteiger partial charge in [0.25, 0.3) is 0 Å². The van der Waals surface area contributed by atoms with Crippen LogP contribution in [-0.4, -0.2) is 7.05 Å². The molecule has 0 saturated carbocycles. The normalized spacial score (nSPS) is 10.5. The van der Waals surface area contributed by atoms with Crippen molar-refractivity contribution in [2.45, 2.75) is 14.4 Å². The summed E-state index contributed by atoms with van der Waals surface area (Å²) in [6.45, 7) is 5.00. The van der Waals surface area contributed by atoms with Crippen LogP contribution in [0.3, 0.4) is 0 Å². The van der Waals surface area contributed by atoms with Crippen LogP contribution in [-0.2, 0) is 19.5 Å². The third kappa shape index (κ3) is 4.25. The van der Waals surface area contributed by atoms with E-state index in [2.05, 4.69) is 97.9 Å². The molecule has 2 nitrogen and oxygen atoms in total. The van der Waals surface area contributed by atoms with Crippen LogP contribution >= 0.6 is 7.05 Å². The van der Waals surface area contributed by atoms with Crippen molar-refractivity contribution in [3.05, 3.63) is 110 Å². The average Bonchev–Trinajstić information content (AvgIpc) is 3.22. The van der Waals surface area contributed by atoms with Gasteiger partial charge < -0.3 is 11.3 Å². The summed E-state index contributed by atoms with van der Waals surface area (Å²) in [4.78, 5) is 0. The summed E-state index contributed by atoms with van der Waals surface area (Å²) in [6, 6.07) is 35.9. The third-order valence-electron chi connectivity index (χ3n) is 5.29. The molecule has 4 heteroatoms. The molecule has 0 amide bonds. The second-order valence-corrected chi connectivity index (χ2v) is 9.94. The molecule has 0 fully saturated rings. The Morgan fingerprint density at radius 3 is 1.72 bits per heavy atom. The van der Waals surface area contributed by atoms with Crippen LogP contribution in [0.5, 0.6) is 0 Å². The van der Waals surface area contributed by atoms with E-state index in [1.807, 2.05) is 19.2 Å². The predicted octanol–water partition coefficient (Wildman–Crippen LogP) is 7.17. The van der Waals surface area contributed by atoms with Gasteiger partial charge in [-0.25, -0.2) is 0 Å². The van der Waals surface area contributed by atoms with E-state index in [9.17, 15) is 0 Å². The fourth-order valence-corrected chi connectivity index (χ4v) is 7.54. The average molecular weight is 492 g/mol. The Morgan fingerprint density at radius 2 is 1.16 bits per heavy atom. The van der Waals surface area contributed by atoms with Crippen molar-refractivity contribution in [3.8, 4) is 0 Å². The molecule has 0 N–H and O–H groups in total. The van der Waals surface area contributed by atoms with Crippen LogP contribution in [0.1, 0.15) is 14.4 Å². The van der Waals surface area contributed by atoms with E-state index in [4.69, 9.17) is 9.16 Å². The van der Waals surface area contributed by atoms with Crippen LogP contribution in [0.15, 0.2) is 112 Å². The summed E-state index contributed by atoms with van der Waals surface area (Å²) in [7, 11) is -0.264. The minimum atomic E-state index is -2.20. The Kier molecular flexibility index (Phi) is 9.20. The zero-order valence-electron chi connectivity index (χ0n) is 18.0. The minimum Gasteiger partial charge on any atom is -0.455 e. The first-order valence-corrected chi connectivity index (χ1v) is 11.8. The topological polar surface area (TPSA) is 25.5 Å². The molecular formula is C28H29NOPZn+. The number of rotatable bonds is 3. The largest absolute Gasteiger partial charge is 2.00 e. The monoisotopic (exact) mass is 490 g/mol. The Labute approximate surface area is 204 Å². The molecule has 0 aliphatic rings. The number of hydrogen-bond acceptors (Lipinski definition) is 2. The molecule has 0 bridgehead atoms. The Balaban J connectivity index is 0.000000884. The molecule has 0 saturated heterocycles. The van der Waals surface area contributed by atoms with Crippen molar-refractivity contribution in [2.24, 2.45) is 4.74 Å². The summed E-state index contributed by atoms with van der Waals surface area (Å²) in [6.07, 6.45) is 0. The second kappa shape index (κ2) is 11.4. The quantitative estimate of drug-likeness (QED) is 0.149. The molecule has 0 atom stereocenters. The Bertz CT molecular complexity index is 1280. The molecule has 0 aliphatic carbocycles. The van der Waals surface area contributed by atoms with Gasteiger partial charge in [0, 0.05) is 33.7 Å². The fourth-order valence-electron chi connectivity index (χ4n) is 4.04. The van der Waals surface area contributed by atoms with Crippen molar-refractivity contribution in [3.63, 3.8) is 0 Å². The van der Waals surface area contributed by atoms with Gasteiger partial charge in [0.1, 0.15) is 11.2 Å². The molecule has 1 aromatic heterocycles. The number of hydrogen-bond donors (Lipinski definition) is 0. The van der Waals surface area contributed by atoms with Crippen molar-refractivity contribution in [1.82, 2.24) is 0 Å². The molecule has 4 aromatic carbocycles. The van der Waals surface area contributed by atoms with E-state index in [0.717, 1.165) is 21.9 Å². The Morgan fingerprint density at radius 1 is 0.656 bits per heavy atom. The second-order valence-electron chi connectivity index (χ2n) is 6.76. The van der Waals surface area contributed by atoms with Gasteiger partial charge in [-0.1, -0.05) is 98.4 Å². The van der Waals surface area contributed by atoms with Gasteiger partial charge in [-0.2, -0.15) is 6.92 Å². The molecule has 5 rings (SSSR count). The van der Waals surface area contributed by atoms with Gasteiger partial charge in [-0.05, 0) is 12.1 Å². The SMILES string of the molecule is C.CN=P(c1ccccc1)(c1ccccc1)c1cccc2c1oc1ccccc12.[CH2-]C.[Zn+2]. The van der Waals surface area contributed by atoms with Crippen molar-refractivity contribution >= 4 is 44.9 Å². The van der Waals surface area contributed by atoms with E-state index in [0.29, 0.717) is 0 Å². The van der Waals surface area contributed by atoms with Crippen LogP contribution < -0.4 is 15.9 Å². The van der Waals surface area contributed by atoms with E-state index >= 15 is 0 Å². The number of para-hydroxylation sites is 2. The first-order valence-electron chi connectivity index (χ1n) is 10.1. The molecule has 0 radical (unpaired) electrons. The van der Waals surface area contributed by atoms with Crippen molar-refractivity contribution in [1.29, 1.82) is 0 Å². The molecule has 0 aliphatic heterocycles. The minimum absolute atomic E-state index is 0. The van der Waals surface area contributed by atoms with Gasteiger partial charge >= 0.3 is 19.5 Å². The summed E-state index contributed by atoms with van der Waals surface area (Å²) < 4.78 is 11.5. The van der Waals surface area contributed by atoms with Gasteiger partial charge in [0.05, 0.1) is 7.05 Å². The van der Waals surface area contributed by atoms with E-state index in [-0.39, 0.29) is 26.9 Å². The van der Waals surface area contributed by atoms with Gasteiger partial charge in [-0.15, -0.1) is 0 Å². The number of nitrogens with zero attached hydrogens (tertiary/aromatic N) is 1. The summed E-state index contributed by atoms with van der Waals surface area (Å²) in [5, 5.41) is 5.93. The van der Waals surface area contributed by atoms with Crippen molar-refractivity contribution < 1.29 is 23.9 Å². The summed E-state index contributed by atoms with van der Waals surface area (Å²) in [5.41, 5.74) is 1.86. The molecule has 32 heavy (non-hydrogen) atoms. The summed E-state index contributed by atoms with van der Waals surface area (Å²) in [5.74, 6) is 0. The van der Waals surface area contributed by atoms with E-state index < -0.39 is 7.05 Å². The molecule has 0 spiro atoms. The Hall–Kier alpha value is -2.47. The van der Waals surface area contributed by atoms with Gasteiger partial charge in [0.2, 0.25) is 0 Å². The smallest absolute Gasteiger partial charge is 0.455 e. The van der Waals surface area contributed by atoms with E-state index in [1.54, 1.807) is 6.92 Å². The molecule has 1 heterocycles. The third-order valence-corrected chi connectivity index (χ3v) is 9.03. The molecule has 158 valence electrons. The predicted molar refractivity (Wildman–Crippen MR) is 139 cm³/mol. The summed E-state index contributed by atoms with van der Waals surface area (Å²) >= 11 is 0. The number of furan rings is 1. The maximum absolute atomic E-state index is 6.40. The fraction of sp³-hybridized carbons (Fsp3) is 0.107. The maximum atomic E-state index is 6.40. The van der Waals surface area contributed by atoms with Crippen LogP contribution in [0.2, 0.25) is 0 Å².